The maximum absolute atomic E-state index is 5.94. The molecule has 2 atom stereocenters. The Morgan fingerprint density at radius 2 is 2.11 bits per heavy atom. The molecule has 2 N–H and O–H groups in total. The monoisotopic (exact) mass is 261 g/mol. The number of hydrogen-bond acceptors (Lipinski definition) is 4. The first-order valence-corrected chi connectivity index (χ1v) is 6.24. The van der Waals surface area contributed by atoms with Crippen LogP contribution in [0.25, 0.3) is 0 Å². The third-order valence-electron chi connectivity index (χ3n) is 2.86. The van der Waals surface area contributed by atoms with Crippen LogP contribution in [-0.4, -0.2) is 13.2 Å². The number of furan rings is 1. The normalized spacial score (nSPS) is 14.1. The van der Waals surface area contributed by atoms with Crippen LogP contribution in [0.15, 0.2) is 47.1 Å². The van der Waals surface area contributed by atoms with Crippen LogP contribution >= 0.6 is 0 Å². The average Bonchev–Trinajstić information content (AvgIpc) is 2.93. The summed E-state index contributed by atoms with van der Waals surface area (Å²) in [5.74, 6) is 1.56. The molecule has 2 aromatic rings. The quantitative estimate of drug-likeness (QED) is 0.868. The fraction of sp³-hybridized carbons (Fsp3) is 0.333. The Morgan fingerprint density at radius 1 is 1.26 bits per heavy atom. The van der Waals surface area contributed by atoms with Gasteiger partial charge in [-0.25, -0.2) is 0 Å². The van der Waals surface area contributed by atoms with Gasteiger partial charge in [-0.3, -0.25) is 0 Å². The predicted octanol–water partition coefficient (Wildman–Crippen LogP) is 2.89. The summed E-state index contributed by atoms with van der Waals surface area (Å²) < 4.78 is 16.4. The van der Waals surface area contributed by atoms with Crippen LogP contribution in [0.4, 0.5) is 0 Å². The van der Waals surface area contributed by atoms with Crippen LogP contribution in [0.5, 0.6) is 5.75 Å². The Bertz CT molecular complexity index is 494. The highest BCUT2D eigenvalue weighted by molar-refractivity contribution is 5.27. The number of ether oxygens (including phenoxy) is 2. The lowest BCUT2D eigenvalue weighted by Gasteiger charge is -2.19. The van der Waals surface area contributed by atoms with Crippen molar-refractivity contribution in [2.24, 2.45) is 5.73 Å². The fourth-order valence-corrected chi connectivity index (χ4v) is 1.89. The van der Waals surface area contributed by atoms with Crippen molar-refractivity contribution in [3.8, 4) is 5.75 Å². The summed E-state index contributed by atoms with van der Waals surface area (Å²) in [5.41, 5.74) is 6.98. The smallest absolute Gasteiger partial charge is 0.134 e. The van der Waals surface area contributed by atoms with Crippen molar-refractivity contribution < 1.29 is 13.9 Å². The van der Waals surface area contributed by atoms with E-state index in [0.717, 1.165) is 17.1 Å². The van der Waals surface area contributed by atoms with Crippen molar-refractivity contribution in [1.82, 2.24) is 0 Å². The lowest BCUT2D eigenvalue weighted by molar-refractivity contribution is 0.0119. The molecule has 0 bridgehead atoms. The minimum Gasteiger partial charge on any atom is -0.497 e. The molecule has 1 aromatic heterocycles. The number of hydrogen-bond donors (Lipinski definition) is 1. The Morgan fingerprint density at radius 3 is 2.74 bits per heavy atom. The zero-order chi connectivity index (χ0) is 13.7. The van der Waals surface area contributed by atoms with E-state index < -0.39 is 0 Å². The van der Waals surface area contributed by atoms with Crippen molar-refractivity contribution in [1.29, 1.82) is 0 Å². The van der Waals surface area contributed by atoms with Crippen molar-refractivity contribution in [2.75, 3.05) is 7.11 Å². The molecule has 1 heterocycles. The molecule has 102 valence electrons. The van der Waals surface area contributed by atoms with Gasteiger partial charge in [-0.2, -0.15) is 0 Å². The largest absolute Gasteiger partial charge is 0.497 e. The van der Waals surface area contributed by atoms with E-state index >= 15 is 0 Å². The van der Waals surface area contributed by atoms with Gasteiger partial charge >= 0.3 is 0 Å². The van der Waals surface area contributed by atoms with Crippen molar-refractivity contribution in [2.45, 2.75) is 25.7 Å². The molecule has 4 nitrogen and oxygen atoms in total. The van der Waals surface area contributed by atoms with E-state index in [9.17, 15) is 0 Å². The first-order chi connectivity index (χ1) is 9.20. The average molecular weight is 261 g/mol. The van der Waals surface area contributed by atoms with E-state index in [2.05, 4.69) is 0 Å². The van der Waals surface area contributed by atoms with Gasteiger partial charge in [-0.1, -0.05) is 12.1 Å². The Labute approximate surface area is 113 Å². The summed E-state index contributed by atoms with van der Waals surface area (Å²) in [5, 5.41) is 0. The SMILES string of the molecule is COc1cccc(COC(c2ccco2)C(C)N)c1. The van der Waals surface area contributed by atoms with Gasteiger partial charge in [-0.15, -0.1) is 0 Å². The number of methoxy groups -OCH3 is 1. The minimum absolute atomic E-state index is 0.142. The van der Waals surface area contributed by atoms with E-state index in [4.69, 9.17) is 19.6 Å². The first-order valence-electron chi connectivity index (χ1n) is 6.24. The lowest BCUT2D eigenvalue weighted by atomic mass is 10.1. The van der Waals surface area contributed by atoms with Crippen molar-refractivity contribution >= 4 is 0 Å². The van der Waals surface area contributed by atoms with E-state index in [1.807, 2.05) is 43.3 Å². The molecule has 1 aromatic carbocycles. The Hall–Kier alpha value is -1.78. The Balaban J connectivity index is 2.02. The third-order valence-corrected chi connectivity index (χ3v) is 2.86. The summed E-state index contributed by atoms with van der Waals surface area (Å²) >= 11 is 0. The summed E-state index contributed by atoms with van der Waals surface area (Å²) in [4.78, 5) is 0. The molecule has 2 unspecified atom stereocenters. The number of benzene rings is 1. The van der Waals surface area contributed by atoms with Crippen LogP contribution in [0.3, 0.4) is 0 Å². The molecule has 0 spiro atoms. The molecule has 0 aliphatic carbocycles. The van der Waals surface area contributed by atoms with Crippen LogP contribution in [0.2, 0.25) is 0 Å². The predicted molar refractivity (Wildman–Crippen MR) is 72.9 cm³/mol. The molecule has 4 heteroatoms. The van der Waals surface area contributed by atoms with Gasteiger partial charge in [0.25, 0.3) is 0 Å². The van der Waals surface area contributed by atoms with Crippen LogP contribution in [0, 0.1) is 0 Å². The minimum atomic E-state index is -0.249. The van der Waals surface area contributed by atoms with Gasteiger partial charge in [0.05, 0.1) is 20.0 Å². The van der Waals surface area contributed by atoms with Crippen molar-refractivity contribution in [3.63, 3.8) is 0 Å². The van der Waals surface area contributed by atoms with Gasteiger partial charge in [0.15, 0.2) is 0 Å². The molecule has 0 radical (unpaired) electrons. The third kappa shape index (κ3) is 3.59. The highest BCUT2D eigenvalue weighted by Crippen LogP contribution is 2.23. The summed E-state index contributed by atoms with van der Waals surface area (Å²) in [7, 11) is 1.65. The number of nitrogens with two attached hydrogens (primary N) is 1. The zero-order valence-electron chi connectivity index (χ0n) is 11.2. The molecular formula is C15H19NO3. The summed E-state index contributed by atoms with van der Waals surface area (Å²) in [6.07, 6.45) is 1.38. The molecule has 0 fully saturated rings. The second kappa shape index (κ2) is 6.41. The van der Waals surface area contributed by atoms with Gasteiger partial charge in [0.1, 0.15) is 17.6 Å². The topological polar surface area (TPSA) is 57.6 Å². The summed E-state index contributed by atoms with van der Waals surface area (Å²) in [6.45, 7) is 2.36. The molecule has 0 saturated carbocycles. The standard InChI is InChI=1S/C15H19NO3/c1-11(16)15(14-7-4-8-18-14)19-10-12-5-3-6-13(9-12)17-2/h3-9,11,15H,10,16H2,1-2H3. The first kappa shape index (κ1) is 13.6. The lowest BCUT2D eigenvalue weighted by Crippen LogP contribution is -2.26. The maximum Gasteiger partial charge on any atom is 0.134 e. The van der Waals surface area contributed by atoms with Crippen LogP contribution in [0.1, 0.15) is 24.4 Å². The second-order valence-electron chi connectivity index (χ2n) is 4.46. The van der Waals surface area contributed by atoms with E-state index in [1.165, 1.54) is 0 Å². The molecule has 2 rings (SSSR count). The van der Waals surface area contributed by atoms with E-state index in [-0.39, 0.29) is 12.1 Å². The van der Waals surface area contributed by atoms with Crippen LogP contribution in [-0.2, 0) is 11.3 Å². The van der Waals surface area contributed by atoms with Gasteiger partial charge in [-0.05, 0) is 36.8 Å². The van der Waals surface area contributed by atoms with Gasteiger partial charge in [0.2, 0.25) is 0 Å². The molecule has 19 heavy (non-hydrogen) atoms. The van der Waals surface area contributed by atoms with Crippen LogP contribution < -0.4 is 10.5 Å². The zero-order valence-corrected chi connectivity index (χ0v) is 11.2. The van der Waals surface area contributed by atoms with Gasteiger partial charge < -0.3 is 19.6 Å². The molecule has 0 saturated heterocycles. The molecular weight excluding hydrogens is 242 g/mol. The van der Waals surface area contributed by atoms with E-state index in [0.29, 0.717) is 6.61 Å². The summed E-state index contributed by atoms with van der Waals surface area (Å²) in [6, 6.07) is 11.3. The fourth-order valence-electron chi connectivity index (χ4n) is 1.89. The number of rotatable bonds is 6. The maximum atomic E-state index is 5.94. The molecule has 0 aliphatic rings. The highest BCUT2D eigenvalue weighted by atomic mass is 16.5. The molecule has 0 amide bonds. The molecule has 0 aliphatic heterocycles. The second-order valence-corrected chi connectivity index (χ2v) is 4.46. The van der Waals surface area contributed by atoms with Crippen molar-refractivity contribution in [3.05, 3.63) is 54.0 Å². The highest BCUT2D eigenvalue weighted by Gasteiger charge is 2.19. The Kier molecular flexibility index (Phi) is 4.60. The van der Waals surface area contributed by atoms with E-state index in [1.54, 1.807) is 13.4 Å². The van der Waals surface area contributed by atoms with Gasteiger partial charge in [0, 0.05) is 6.04 Å².